The zero-order valence-electron chi connectivity index (χ0n) is 10.5. The number of oxazole rings is 1. The molecule has 2 heterocycles. The lowest BCUT2D eigenvalue weighted by molar-refractivity contribution is 0.0525. The van der Waals surface area contributed by atoms with Gasteiger partial charge in [0.25, 0.3) is 5.91 Å². The minimum absolute atomic E-state index is 0.178. The van der Waals surface area contributed by atoms with Crippen molar-refractivity contribution in [3.8, 4) is 11.3 Å². The van der Waals surface area contributed by atoms with Gasteiger partial charge in [0.15, 0.2) is 17.8 Å². The number of halogens is 1. The van der Waals surface area contributed by atoms with Crippen molar-refractivity contribution < 1.29 is 13.6 Å². The lowest BCUT2D eigenvalue weighted by Crippen LogP contribution is -2.48. The number of hydrogen-bond donors (Lipinski definition) is 0. The maximum Gasteiger partial charge on any atom is 0.276 e. The Morgan fingerprint density at radius 2 is 2.16 bits per heavy atom. The predicted molar refractivity (Wildman–Crippen MR) is 67.0 cm³/mol. The molecule has 2 aromatic rings. The summed E-state index contributed by atoms with van der Waals surface area (Å²) in [7, 11) is 0. The van der Waals surface area contributed by atoms with Gasteiger partial charge in [-0.15, -0.1) is 0 Å². The fourth-order valence-corrected chi connectivity index (χ4v) is 2.25. The lowest BCUT2D eigenvalue weighted by Gasteiger charge is -2.36. The van der Waals surface area contributed by atoms with Crippen molar-refractivity contribution in [3.63, 3.8) is 0 Å². The molecule has 1 saturated heterocycles. The lowest BCUT2D eigenvalue weighted by atomic mass is 10.0. The van der Waals surface area contributed by atoms with Gasteiger partial charge < -0.3 is 9.32 Å². The van der Waals surface area contributed by atoms with Crippen LogP contribution in [0.2, 0.25) is 0 Å². The van der Waals surface area contributed by atoms with Crippen LogP contribution in [-0.2, 0) is 0 Å². The van der Waals surface area contributed by atoms with Crippen LogP contribution in [0.25, 0.3) is 11.3 Å². The van der Waals surface area contributed by atoms with E-state index in [1.165, 1.54) is 12.5 Å². The molecule has 1 aromatic heterocycles. The van der Waals surface area contributed by atoms with Gasteiger partial charge in [-0.25, -0.2) is 9.37 Å². The number of rotatable bonds is 2. The zero-order valence-corrected chi connectivity index (χ0v) is 10.5. The van der Waals surface area contributed by atoms with Gasteiger partial charge in [0.2, 0.25) is 0 Å². The van der Waals surface area contributed by atoms with Gasteiger partial charge in [-0.1, -0.05) is 19.1 Å². The molecule has 1 amide bonds. The molecule has 1 aromatic carbocycles. The van der Waals surface area contributed by atoms with Crippen LogP contribution in [0.5, 0.6) is 0 Å². The van der Waals surface area contributed by atoms with Crippen molar-refractivity contribution in [1.82, 2.24) is 9.88 Å². The average Bonchev–Trinajstić information content (AvgIpc) is 2.84. The van der Waals surface area contributed by atoms with Crippen molar-refractivity contribution in [3.05, 3.63) is 42.2 Å². The normalized spacial score (nSPS) is 15.4. The molecule has 1 fully saturated rings. The third-order valence-corrected chi connectivity index (χ3v) is 3.24. The molecule has 0 atom stereocenters. The van der Waals surface area contributed by atoms with Crippen molar-refractivity contribution in [2.24, 2.45) is 5.92 Å². The van der Waals surface area contributed by atoms with E-state index in [1.54, 1.807) is 23.1 Å². The molecule has 0 radical (unpaired) electrons. The summed E-state index contributed by atoms with van der Waals surface area (Å²) in [6, 6.07) is 6.19. The van der Waals surface area contributed by atoms with Gasteiger partial charge in [-0.2, -0.15) is 0 Å². The van der Waals surface area contributed by atoms with Crippen LogP contribution in [0.4, 0.5) is 4.39 Å². The highest BCUT2D eigenvalue weighted by Crippen LogP contribution is 2.28. The number of benzene rings is 1. The van der Waals surface area contributed by atoms with E-state index in [2.05, 4.69) is 11.9 Å². The van der Waals surface area contributed by atoms with Crippen molar-refractivity contribution in [2.45, 2.75) is 6.92 Å². The number of likely N-dealkylation sites (tertiary alicyclic amines) is 1. The van der Waals surface area contributed by atoms with Gasteiger partial charge in [-0.05, 0) is 18.1 Å². The Morgan fingerprint density at radius 3 is 2.84 bits per heavy atom. The van der Waals surface area contributed by atoms with Crippen LogP contribution >= 0.6 is 0 Å². The highest BCUT2D eigenvalue weighted by Gasteiger charge is 2.31. The first-order valence-electron chi connectivity index (χ1n) is 6.14. The topological polar surface area (TPSA) is 46.3 Å². The van der Waals surface area contributed by atoms with E-state index < -0.39 is 5.82 Å². The molecule has 3 rings (SSSR count). The van der Waals surface area contributed by atoms with Gasteiger partial charge in [0.05, 0.1) is 5.56 Å². The van der Waals surface area contributed by atoms with Gasteiger partial charge in [0.1, 0.15) is 5.82 Å². The number of amides is 1. The summed E-state index contributed by atoms with van der Waals surface area (Å²) in [5.41, 5.74) is 0.439. The third kappa shape index (κ3) is 2.01. The Morgan fingerprint density at radius 1 is 1.42 bits per heavy atom. The molecule has 0 N–H and O–H groups in total. The zero-order chi connectivity index (χ0) is 13.4. The fourth-order valence-electron chi connectivity index (χ4n) is 2.25. The molecule has 5 heteroatoms. The van der Waals surface area contributed by atoms with E-state index in [1.807, 2.05) is 0 Å². The summed E-state index contributed by atoms with van der Waals surface area (Å²) in [5.74, 6) is 0.0748. The highest BCUT2D eigenvalue weighted by atomic mass is 19.1. The van der Waals surface area contributed by atoms with Crippen LogP contribution in [0.15, 0.2) is 35.1 Å². The minimum atomic E-state index is -0.426. The van der Waals surface area contributed by atoms with Crippen LogP contribution in [-0.4, -0.2) is 28.9 Å². The summed E-state index contributed by atoms with van der Waals surface area (Å²) < 4.78 is 18.9. The van der Waals surface area contributed by atoms with Gasteiger partial charge >= 0.3 is 0 Å². The number of aromatic nitrogens is 1. The quantitative estimate of drug-likeness (QED) is 0.833. The second-order valence-corrected chi connectivity index (χ2v) is 4.83. The van der Waals surface area contributed by atoms with Crippen molar-refractivity contribution in [2.75, 3.05) is 13.1 Å². The van der Waals surface area contributed by atoms with Crippen molar-refractivity contribution >= 4 is 5.91 Å². The van der Waals surface area contributed by atoms with E-state index in [9.17, 15) is 9.18 Å². The van der Waals surface area contributed by atoms with Gasteiger partial charge in [0, 0.05) is 13.1 Å². The molecule has 0 aliphatic carbocycles. The second kappa shape index (κ2) is 4.50. The summed E-state index contributed by atoms with van der Waals surface area (Å²) in [6.45, 7) is 3.50. The number of hydrogen-bond acceptors (Lipinski definition) is 3. The first-order valence-corrected chi connectivity index (χ1v) is 6.14. The highest BCUT2D eigenvalue weighted by molar-refractivity contribution is 5.98. The summed E-state index contributed by atoms with van der Waals surface area (Å²) in [6.07, 6.45) is 1.18. The molecule has 0 bridgehead atoms. The van der Waals surface area contributed by atoms with E-state index in [0.29, 0.717) is 19.0 Å². The van der Waals surface area contributed by atoms with Crippen LogP contribution < -0.4 is 0 Å². The molecule has 0 spiro atoms. The standard InChI is InChI=1S/C14H13FN2O2/c1-9-6-17(7-9)14(18)12-13(19-8-16-12)10-4-2-3-5-11(10)15/h2-5,8-9H,6-7H2,1H3. The molecular weight excluding hydrogens is 247 g/mol. The number of nitrogens with zero attached hydrogens (tertiary/aromatic N) is 2. The number of carbonyl (C=O) groups is 1. The Labute approximate surface area is 109 Å². The fraction of sp³-hybridized carbons (Fsp3) is 0.286. The molecule has 0 saturated carbocycles. The SMILES string of the molecule is CC1CN(C(=O)c2ncoc2-c2ccccc2F)C1. The molecule has 1 aliphatic heterocycles. The first-order chi connectivity index (χ1) is 9.16. The molecule has 0 unspecified atom stereocenters. The Bertz CT molecular complexity index is 617. The Kier molecular flexibility index (Phi) is 2.81. The van der Waals surface area contributed by atoms with Gasteiger partial charge in [-0.3, -0.25) is 4.79 Å². The predicted octanol–water partition coefficient (Wildman–Crippen LogP) is 2.57. The van der Waals surface area contributed by atoms with Crippen LogP contribution in [0.1, 0.15) is 17.4 Å². The Hall–Kier alpha value is -2.17. The molecule has 98 valence electrons. The molecule has 4 nitrogen and oxygen atoms in total. The maximum absolute atomic E-state index is 13.7. The summed E-state index contributed by atoms with van der Waals surface area (Å²) >= 11 is 0. The second-order valence-electron chi connectivity index (χ2n) is 4.83. The maximum atomic E-state index is 13.7. The first kappa shape index (κ1) is 11.9. The number of carbonyl (C=O) groups excluding carboxylic acids is 1. The third-order valence-electron chi connectivity index (χ3n) is 3.24. The van der Waals surface area contributed by atoms with Crippen LogP contribution in [0, 0.1) is 11.7 Å². The van der Waals surface area contributed by atoms with E-state index in [0.717, 1.165) is 0 Å². The molecule has 1 aliphatic rings. The van der Waals surface area contributed by atoms with E-state index in [4.69, 9.17) is 4.42 Å². The smallest absolute Gasteiger partial charge is 0.276 e. The minimum Gasteiger partial charge on any atom is -0.443 e. The summed E-state index contributed by atoms with van der Waals surface area (Å²) in [4.78, 5) is 17.8. The molecular formula is C14H13FN2O2. The van der Waals surface area contributed by atoms with Crippen LogP contribution in [0.3, 0.4) is 0 Å². The summed E-state index contributed by atoms with van der Waals surface area (Å²) in [5, 5.41) is 0. The van der Waals surface area contributed by atoms with E-state index >= 15 is 0 Å². The monoisotopic (exact) mass is 260 g/mol. The molecule has 19 heavy (non-hydrogen) atoms. The average molecular weight is 260 g/mol. The van der Waals surface area contributed by atoms with Crippen molar-refractivity contribution in [1.29, 1.82) is 0 Å². The Balaban J connectivity index is 1.95. The largest absolute Gasteiger partial charge is 0.443 e. The van der Waals surface area contributed by atoms with E-state index in [-0.39, 0.29) is 22.9 Å².